The number of esters is 1. The molecule has 0 atom stereocenters. The summed E-state index contributed by atoms with van der Waals surface area (Å²) in [4.78, 5) is 18.9. The van der Waals surface area contributed by atoms with Crippen molar-refractivity contribution in [3.8, 4) is 0 Å². The van der Waals surface area contributed by atoms with Gasteiger partial charge in [0.1, 0.15) is 0 Å². The van der Waals surface area contributed by atoms with Gasteiger partial charge in [-0.3, -0.25) is 0 Å². The number of hydrogen-bond acceptors (Lipinski definition) is 5. The van der Waals surface area contributed by atoms with Gasteiger partial charge in [-0.15, -0.1) is 0 Å². The van der Waals surface area contributed by atoms with Crippen molar-refractivity contribution >= 4 is 24.8 Å². The third-order valence-electron chi connectivity index (χ3n) is 1.67. The van der Waals surface area contributed by atoms with E-state index in [4.69, 9.17) is 0 Å². The molecule has 1 aromatic carbocycles. The largest absolute Gasteiger partial charge is 0.491 e. The predicted molar refractivity (Wildman–Crippen MR) is 70.4 cm³/mol. The van der Waals surface area contributed by atoms with E-state index in [2.05, 4.69) is 40.9 Å². The molecule has 4 nitrogen and oxygen atoms in total. The minimum Gasteiger partial charge on any atom is -0.462 e. The summed E-state index contributed by atoms with van der Waals surface area (Å²) in [5.41, 5.74) is 1.32. The van der Waals surface area contributed by atoms with Crippen LogP contribution in [0, 0.1) is 6.92 Å². The number of benzene rings is 1. The van der Waals surface area contributed by atoms with Gasteiger partial charge in [0.25, 0.3) is 0 Å². The Morgan fingerprint density at radius 3 is 1.39 bits per heavy atom. The highest BCUT2D eigenvalue weighted by Gasteiger charge is 2.40. The molecule has 0 N–H and O–H groups in total. The number of rotatable bonds is 0. The van der Waals surface area contributed by atoms with Crippen molar-refractivity contribution in [1.82, 2.24) is 0 Å². The van der Waals surface area contributed by atoms with Gasteiger partial charge < -0.3 is 8.92 Å². The molecule has 0 saturated carbocycles. The molecule has 0 aliphatic rings. The number of methoxy groups -OCH3 is 1. The normalized spacial score (nSPS) is 10.3. The number of hydrogen-bond donors (Lipinski definition) is 1. The maximum Gasteiger partial charge on any atom is 0.491 e. The molecule has 23 heavy (non-hydrogen) atoms. The van der Waals surface area contributed by atoms with E-state index in [0.29, 0.717) is 7.11 Å². The Hall–Kier alpha value is -1.91. The van der Waals surface area contributed by atoms with Crippen molar-refractivity contribution in [1.29, 1.82) is 0 Å². The molecule has 0 fully saturated rings. The molecule has 1 rings (SSSR count). The average Bonchev–Trinajstić information content (AvgIpc) is 2.45. The molecular formula is C12H12F6O4S. The molecule has 132 valence electrons. The van der Waals surface area contributed by atoms with Crippen LogP contribution in [0.1, 0.15) is 5.56 Å². The van der Waals surface area contributed by atoms with E-state index in [9.17, 15) is 35.9 Å². The molecule has 0 unspecified atom stereocenters. The predicted octanol–water partition coefficient (Wildman–Crippen LogP) is 3.65. The lowest BCUT2D eigenvalue weighted by Crippen LogP contribution is -2.23. The van der Waals surface area contributed by atoms with E-state index < -0.39 is 24.3 Å². The monoisotopic (exact) mass is 366 g/mol. The fraction of sp³-hybridized carbons (Fsp3) is 0.333. The van der Waals surface area contributed by atoms with Crippen molar-refractivity contribution in [2.24, 2.45) is 0 Å². The molecule has 1 aromatic rings. The molecule has 0 spiro atoms. The highest BCUT2D eigenvalue weighted by atomic mass is 32.1. The molecule has 0 bridgehead atoms. The Kier molecular flexibility index (Phi) is 10.9. The van der Waals surface area contributed by atoms with Crippen LogP contribution in [0.5, 0.6) is 0 Å². The van der Waals surface area contributed by atoms with Crippen LogP contribution in [0.25, 0.3) is 0 Å². The summed E-state index contributed by atoms with van der Waals surface area (Å²) in [6.45, 7) is 2.08. The molecule has 0 amide bonds. The smallest absolute Gasteiger partial charge is 0.462 e. The lowest BCUT2D eigenvalue weighted by Gasteiger charge is -1.99. The third-order valence-corrected chi connectivity index (χ3v) is 1.84. The van der Waals surface area contributed by atoms with Crippen molar-refractivity contribution in [2.75, 3.05) is 7.11 Å². The summed E-state index contributed by atoms with van der Waals surface area (Å²) >= 11 is 2.64. The standard InChI is InChI=1S/C7H8.C3H3F3O2.C2HF3O2S/c1-7-5-3-2-4-6-7;1-8-2(7)3(4,5)6;3-2(4,5)1(6)7-8/h2-6H,1H3;1H3;8H. The summed E-state index contributed by atoms with van der Waals surface area (Å²) in [6, 6.07) is 10.3. The van der Waals surface area contributed by atoms with Crippen LogP contribution in [-0.4, -0.2) is 31.4 Å². The summed E-state index contributed by atoms with van der Waals surface area (Å²) < 4.78 is 72.1. The summed E-state index contributed by atoms with van der Waals surface area (Å²) in [5, 5.41) is 0. The SMILES string of the molecule is COC(=O)C(F)(F)F.Cc1ccccc1.O=C(OS)C(F)(F)F. The molecule has 0 aliphatic carbocycles. The Bertz CT molecular complexity index is 447. The van der Waals surface area contributed by atoms with Crippen LogP contribution in [0.15, 0.2) is 30.3 Å². The molecule has 0 aliphatic heterocycles. The number of thiol groups is 1. The van der Waals surface area contributed by atoms with Crippen molar-refractivity contribution in [3.63, 3.8) is 0 Å². The number of carbonyl (C=O) groups excluding carboxylic acids is 2. The Balaban J connectivity index is 0. The Morgan fingerprint density at radius 1 is 0.913 bits per heavy atom. The van der Waals surface area contributed by atoms with E-state index in [-0.39, 0.29) is 0 Å². The average molecular weight is 366 g/mol. The number of ether oxygens (including phenoxy) is 1. The van der Waals surface area contributed by atoms with E-state index in [1.165, 1.54) is 5.56 Å². The van der Waals surface area contributed by atoms with E-state index >= 15 is 0 Å². The van der Waals surface area contributed by atoms with Gasteiger partial charge in [-0.25, -0.2) is 9.59 Å². The number of aryl methyl sites for hydroxylation is 1. The minimum absolute atomic E-state index is 0.676. The first kappa shape index (κ1) is 23.4. The van der Waals surface area contributed by atoms with Crippen molar-refractivity contribution < 1.29 is 44.9 Å². The van der Waals surface area contributed by atoms with Crippen molar-refractivity contribution in [2.45, 2.75) is 19.3 Å². The van der Waals surface area contributed by atoms with Gasteiger partial charge in [-0.1, -0.05) is 35.9 Å². The zero-order chi connectivity index (χ0) is 18.7. The highest BCUT2D eigenvalue weighted by Crippen LogP contribution is 2.16. The summed E-state index contributed by atoms with van der Waals surface area (Å²) in [7, 11) is 0.676. The van der Waals surface area contributed by atoms with Crippen LogP contribution < -0.4 is 0 Å². The third kappa shape index (κ3) is 13.5. The number of alkyl halides is 6. The number of halogens is 6. The second kappa shape index (κ2) is 10.8. The van der Waals surface area contributed by atoms with Gasteiger partial charge in [-0.2, -0.15) is 26.3 Å². The van der Waals surface area contributed by atoms with E-state index in [1.807, 2.05) is 18.2 Å². The topological polar surface area (TPSA) is 52.6 Å². The van der Waals surface area contributed by atoms with Crippen LogP contribution >= 0.6 is 12.9 Å². The van der Waals surface area contributed by atoms with Crippen LogP contribution in [-0.2, 0) is 18.5 Å². The van der Waals surface area contributed by atoms with Crippen molar-refractivity contribution in [3.05, 3.63) is 35.9 Å². The summed E-state index contributed by atoms with van der Waals surface area (Å²) in [5.74, 6) is -4.47. The molecular weight excluding hydrogens is 354 g/mol. The second-order valence-electron chi connectivity index (χ2n) is 3.52. The Morgan fingerprint density at radius 2 is 1.30 bits per heavy atom. The van der Waals surface area contributed by atoms with Gasteiger partial charge in [0.05, 0.1) is 7.11 Å². The van der Waals surface area contributed by atoms with Gasteiger partial charge >= 0.3 is 24.3 Å². The quantitative estimate of drug-likeness (QED) is 0.330. The minimum atomic E-state index is -4.93. The van der Waals surface area contributed by atoms with Gasteiger partial charge in [0, 0.05) is 12.9 Å². The maximum absolute atomic E-state index is 11.0. The maximum atomic E-state index is 11.0. The lowest BCUT2D eigenvalue weighted by atomic mass is 10.2. The highest BCUT2D eigenvalue weighted by molar-refractivity contribution is 7.75. The van der Waals surface area contributed by atoms with Gasteiger partial charge in [0.2, 0.25) is 0 Å². The second-order valence-corrected chi connectivity index (χ2v) is 3.70. The first-order valence-corrected chi connectivity index (χ1v) is 5.82. The molecule has 0 heterocycles. The first-order chi connectivity index (χ1) is 10.4. The van der Waals surface area contributed by atoms with Crippen LogP contribution in [0.4, 0.5) is 26.3 Å². The summed E-state index contributed by atoms with van der Waals surface area (Å²) in [6.07, 6.45) is -9.78. The van der Waals surface area contributed by atoms with Crippen LogP contribution in [0.3, 0.4) is 0 Å². The lowest BCUT2D eigenvalue weighted by molar-refractivity contribution is -0.196. The van der Waals surface area contributed by atoms with Crippen LogP contribution in [0.2, 0.25) is 0 Å². The Labute approximate surface area is 133 Å². The van der Waals surface area contributed by atoms with Gasteiger partial charge in [0.15, 0.2) is 0 Å². The van der Waals surface area contributed by atoms with Gasteiger partial charge in [-0.05, 0) is 6.92 Å². The first-order valence-electron chi connectivity index (χ1n) is 5.45. The fourth-order valence-corrected chi connectivity index (χ4v) is 0.805. The zero-order valence-electron chi connectivity index (χ0n) is 11.7. The molecule has 0 aromatic heterocycles. The molecule has 11 heteroatoms. The molecule has 0 saturated heterocycles. The zero-order valence-corrected chi connectivity index (χ0v) is 12.6. The number of carbonyl (C=O) groups is 2. The molecule has 0 radical (unpaired) electrons. The fourth-order valence-electron chi connectivity index (χ4n) is 0.702. The van der Waals surface area contributed by atoms with E-state index in [0.717, 1.165) is 0 Å². The van der Waals surface area contributed by atoms with E-state index in [1.54, 1.807) is 0 Å².